The number of nitrogens with one attached hydrogen (secondary N) is 1. The van der Waals surface area contributed by atoms with Gasteiger partial charge in [0.1, 0.15) is 28.6 Å². The molecular weight excluding hydrogens is 604 g/mol. The Morgan fingerprint density at radius 1 is 0.913 bits per heavy atom. The zero-order valence-electron chi connectivity index (χ0n) is 25.7. The van der Waals surface area contributed by atoms with Gasteiger partial charge in [-0.3, -0.25) is 24.1 Å². The molecule has 2 aliphatic rings. The number of carbonyl (C=O) groups is 4. The number of benzene rings is 3. The second kappa shape index (κ2) is 13.1. The minimum atomic E-state index is -1.20. The number of hydrogen-bond donors (Lipinski definition) is 1. The molecule has 0 atom stereocenters. The quantitative estimate of drug-likeness (QED) is 0.221. The fraction of sp³-hybridized carbons (Fsp3) is 0.286. The minimum Gasteiger partial charge on any atom is -0.497 e. The van der Waals surface area contributed by atoms with Gasteiger partial charge in [-0.15, -0.1) is 11.3 Å². The summed E-state index contributed by atoms with van der Waals surface area (Å²) >= 11 is 1.40. The lowest BCUT2D eigenvalue weighted by atomic mass is 9.79. The third-order valence-electron chi connectivity index (χ3n) is 8.67. The van der Waals surface area contributed by atoms with E-state index < -0.39 is 23.1 Å². The molecule has 1 N–H and O–H groups in total. The van der Waals surface area contributed by atoms with Crippen LogP contribution in [-0.4, -0.2) is 59.7 Å². The van der Waals surface area contributed by atoms with Gasteiger partial charge in [0.15, 0.2) is 0 Å². The lowest BCUT2D eigenvalue weighted by molar-refractivity contribution is -0.148. The number of amides is 3. The molecule has 10 nitrogen and oxygen atoms in total. The number of para-hydroxylation sites is 1. The molecule has 4 aromatic rings. The van der Waals surface area contributed by atoms with Crippen LogP contribution in [0.1, 0.15) is 47.5 Å². The third-order valence-corrected chi connectivity index (χ3v) is 9.51. The van der Waals surface area contributed by atoms with E-state index in [4.69, 9.17) is 14.5 Å². The zero-order valence-corrected chi connectivity index (χ0v) is 26.5. The molecule has 46 heavy (non-hydrogen) atoms. The maximum Gasteiger partial charge on any atom is 0.299 e. The van der Waals surface area contributed by atoms with Gasteiger partial charge in [0, 0.05) is 16.6 Å². The first kappa shape index (κ1) is 31.0. The van der Waals surface area contributed by atoms with E-state index in [0.717, 1.165) is 36.3 Å². The Labute approximate surface area is 271 Å². The average molecular weight is 639 g/mol. The Morgan fingerprint density at radius 2 is 1.57 bits per heavy atom. The van der Waals surface area contributed by atoms with Crippen LogP contribution in [0.5, 0.6) is 11.5 Å². The Bertz CT molecular complexity index is 1760. The largest absolute Gasteiger partial charge is 0.497 e. The molecule has 1 aromatic heterocycles. The number of fused-ring (bicyclic) bond motifs is 1. The van der Waals surface area contributed by atoms with Crippen LogP contribution in [0.25, 0.3) is 11.3 Å². The van der Waals surface area contributed by atoms with Crippen LogP contribution in [0.3, 0.4) is 0 Å². The summed E-state index contributed by atoms with van der Waals surface area (Å²) in [6.45, 7) is -0.316. The summed E-state index contributed by atoms with van der Waals surface area (Å²) in [5, 5.41) is 5.60. The van der Waals surface area contributed by atoms with Gasteiger partial charge in [-0.1, -0.05) is 31.4 Å². The predicted molar refractivity (Wildman–Crippen MR) is 175 cm³/mol. The van der Waals surface area contributed by atoms with Crippen molar-refractivity contribution < 1.29 is 28.7 Å². The number of thiazole rings is 1. The van der Waals surface area contributed by atoms with E-state index in [9.17, 15) is 19.2 Å². The maximum atomic E-state index is 14.4. The van der Waals surface area contributed by atoms with Crippen molar-refractivity contribution in [1.29, 1.82) is 0 Å². The Balaban J connectivity index is 1.35. The molecule has 0 unspecified atom stereocenters. The first-order chi connectivity index (χ1) is 22.3. The van der Waals surface area contributed by atoms with E-state index in [1.165, 1.54) is 16.2 Å². The highest BCUT2D eigenvalue weighted by atomic mass is 32.1. The predicted octanol–water partition coefficient (Wildman–Crippen LogP) is 5.73. The van der Waals surface area contributed by atoms with Gasteiger partial charge in [0.05, 0.1) is 37.7 Å². The molecule has 1 fully saturated rings. The van der Waals surface area contributed by atoms with Crippen LogP contribution >= 0.6 is 11.3 Å². The van der Waals surface area contributed by atoms with Gasteiger partial charge in [0.25, 0.3) is 11.7 Å². The fourth-order valence-electron chi connectivity index (χ4n) is 6.20. The van der Waals surface area contributed by atoms with Crippen molar-refractivity contribution in [3.63, 3.8) is 0 Å². The van der Waals surface area contributed by atoms with Gasteiger partial charge in [-0.2, -0.15) is 0 Å². The Kier molecular flexibility index (Phi) is 8.85. The number of anilines is 2. The molecule has 236 valence electrons. The molecule has 1 saturated carbocycles. The molecule has 1 aliphatic heterocycles. The van der Waals surface area contributed by atoms with Crippen molar-refractivity contribution in [3.8, 4) is 22.8 Å². The van der Waals surface area contributed by atoms with Crippen LogP contribution in [-0.2, 0) is 20.9 Å². The topological polar surface area (TPSA) is 118 Å². The molecule has 0 saturated heterocycles. The van der Waals surface area contributed by atoms with E-state index >= 15 is 0 Å². The molecule has 0 spiro atoms. The minimum absolute atomic E-state index is 0.0628. The van der Waals surface area contributed by atoms with Crippen molar-refractivity contribution in [2.45, 2.75) is 44.2 Å². The van der Waals surface area contributed by atoms with Gasteiger partial charge in [-0.25, -0.2) is 4.98 Å². The summed E-state index contributed by atoms with van der Waals surface area (Å²) in [6.07, 6.45) is 3.32. The van der Waals surface area contributed by atoms with Crippen LogP contribution in [0.2, 0.25) is 0 Å². The molecule has 3 amide bonds. The zero-order chi connectivity index (χ0) is 32.3. The smallest absolute Gasteiger partial charge is 0.299 e. The number of Topliss-reactive ketones (excluding diaryl/α,β-unsaturated/α-hetero) is 1. The number of ether oxygens (including phenoxy) is 2. The first-order valence-electron chi connectivity index (χ1n) is 15.1. The molecule has 2 heterocycles. The van der Waals surface area contributed by atoms with Crippen LogP contribution in [0.4, 0.5) is 11.4 Å². The SMILES string of the molecule is COc1ccc(NC(=O)C2(N(Cc3nc(-c4ccc(OC)cc4)cs3)C(=O)CN3C(=O)C(=O)c4ccccc43)CCCCC2)cc1. The highest BCUT2D eigenvalue weighted by Gasteiger charge is 2.48. The number of methoxy groups -OCH3 is 2. The Morgan fingerprint density at radius 3 is 2.24 bits per heavy atom. The number of nitrogens with zero attached hydrogens (tertiary/aromatic N) is 3. The van der Waals surface area contributed by atoms with Gasteiger partial charge < -0.3 is 19.7 Å². The standard InChI is InChI=1S/C35H34N4O6S/c1-44-25-14-10-23(11-15-25)28-22-46-30(37-28)20-39(31(40)21-38-29-9-5-4-8-27(29)32(41)33(38)42)35(18-6-3-7-19-35)34(43)36-24-12-16-26(45-2)17-13-24/h4-5,8-17,22H,3,6-7,18-21H2,1-2H3,(H,36,43). The Hall–Kier alpha value is -5.03. The average Bonchev–Trinajstić information content (AvgIpc) is 3.66. The number of carbonyl (C=O) groups excluding carboxylic acids is 4. The summed E-state index contributed by atoms with van der Waals surface area (Å²) in [6, 6.07) is 21.2. The summed E-state index contributed by atoms with van der Waals surface area (Å²) in [5.41, 5.74) is 1.66. The van der Waals surface area contributed by atoms with Crippen LogP contribution < -0.4 is 19.7 Å². The van der Waals surface area contributed by atoms with Crippen molar-refractivity contribution in [1.82, 2.24) is 9.88 Å². The molecule has 0 bridgehead atoms. The number of aromatic nitrogens is 1. The number of hydrogen-bond acceptors (Lipinski definition) is 8. The van der Waals surface area contributed by atoms with E-state index in [1.54, 1.807) is 67.7 Å². The highest BCUT2D eigenvalue weighted by molar-refractivity contribution is 7.09. The molecule has 3 aromatic carbocycles. The number of rotatable bonds is 10. The van der Waals surface area contributed by atoms with Crippen molar-refractivity contribution in [2.75, 3.05) is 31.0 Å². The summed E-state index contributed by atoms with van der Waals surface area (Å²) in [5.74, 6) is -0.763. The normalized spacial score (nSPS) is 15.3. The summed E-state index contributed by atoms with van der Waals surface area (Å²) in [4.78, 5) is 62.2. The lowest BCUT2D eigenvalue weighted by Gasteiger charge is -2.45. The highest BCUT2D eigenvalue weighted by Crippen LogP contribution is 2.38. The van der Waals surface area contributed by atoms with E-state index in [2.05, 4.69) is 5.32 Å². The summed E-state index contributed by atoms with van der Waals surface area (Å²) < 4.78 is 10.5. The fourth-order valence-corrected chi connectivity index (χ4v) is 6.99. The lowest BCUT2D eigenvalue weighted by Crippen LogP contribution is -2.61. The second-order valence-electron chi connectivity index (χ2n) is 11.3. The summed E-state index contributed by atoms with van der Waals surface area (Å²) in [7, 11) is 3.18. The molecule has 11 heteroatoms. The van der Waals surface area contributed by atoms with E-state index in [-0.39, 0.29) is 24.6 Å². The van der Waals surface area contributed by atoms with Crippen LogP contribution in [0, 0.1) is 0 Å². The molecule has 6 rings (SSSR count). The molecular formula is C35H34N4O6S. The number of ketones is 1. The molecule has 0 radical (unpaired) electrons. The van der Waals surface area contributed by atoms with Gasteiger partial charge in [-0.05, 0) is 73.5 Å². The van der Waals surface area contributed by atoms with Gasteiger partial charge in [0.2, 0.25) is 11.8 Å². The third kappa shape index (κ3) is 5.97. The van der Waals surface area contributed by atoms with Crippen molar-refractivity contribution in [2.24, 2.45) is 0 Å². The van der Waals surface area contributed by atoms with E-state index in [0.29, 0.717) is 35.0 Å². The second-order valence-corrected chi connectivity index (χ2v) is 12.3. The van der Waals surface area contributed by atoms with E-state index in [1.807, 2.05) is 29.6 Å². The van der Waals surface area contributed by atoms with Crippen LogP contribution in [0.15, 0.2) is 78.2 Å². The maximum absolute atomic E-state index is 14.4. The van der Waals surface area contributed by atoms with Crippen molar-refractivity contribution in [3.05, 3.63) is 88.7 Å². The monoisotopic (exact) mass is 638 g/mol. The van der Waals surface area contributed by atoms with Gasteiger partial charge >= 0.3 is 0 Å². The van der Waals surface area contributed by atoms with Crippen molar-refractivity contribution >= 4 is 46.2 Å². The molecule has 1 aliphatic carbocycles. The first-order valence-corrected chi connectivity index (χ1v) is 16.0.